The summed E-state index contributed by atoms with van der Waals surface area (Å²) in [5.41, 5.74) is 0. The van der Waals surface area contributed by atoms with Crippen LogP contribution in [0.3, 0.4) is 0 Å². The van der Waals surface area contributed by atoms with E-state index in [1.165, 1.54) is 14.2 Å². The van der Waals surface area contributed by atoms with Gasteiger partial charge in [0, 0.05) is 7.14 Å². The second-order valence-electron chi connectivity index (χ2n) is 6.87. The minimum atomic E-state index is -0.490. The van der Waals surface area contributed by atoms with Crippen LogP contribution < -0.4 is 4.74 Å². The number of carbonyl (C=O) groups is 2. The third kappa shape index (κ3) is 11.2. The van der Waals surface area contributed by atoms with E-state index in [1.807, 2.05) is 36.4 Å². The zero-order chi connectivity index (χ0) is 27.2. The molecule has 2 aromatic carbocycles. The first-order chi connectivity index (χ1) is 17.7. The van der Waals surface area contributed by atoms with Crippen LogP contribution in [0.25, 0.3) is 0 Å². The van der Waals surface area contributed by atoms with Crippen molar-refractivity contribution < 1.29 is 37.7 Å². The minimum absolute atomic E-state index is 0.179. The quantitative estimate of drug-likeness (QED) is 0.124. The number of benzene rings is 2. The largest absolute Gasteiger partial charge is 0.508 e. The lowest BCUT2D eigenvalue weighted by Crippen LogP contribution is -1.99. The van der Waals surface area contributed by atoms with Crippen molar-refractivity contribution in [3.8, 4) is 11.5 Å². The summed E-state index contributed by atoms with van der Waals surface area (Å²) >= 11 is 7.61. The second kappa shape index (κ2) is 16.3. The summed E-state index contributed by atoms with van der Waals surface area (Å²) in [6, 6.07) is 21.3. The van der Waals surface area contributed by atoms with Gasteiger partial charge in [0.1, 0.15) is 29.6 Å². The van der Waals surface area contributed by atoms with Gasteiger partial charge in [-0.1, -0.05) is 15.9 Å². The van der Waals surface area contributed by atoms with Crippen LogP contribution >= 0.6 is 61.1 Å². The summed E-state index contributed by atoms with van der Waals surface area (Å²) in [6.45, 7) is 0.275. The van der Waals surface area contributed by atoms with Crippen LogP contribution in [0.15, 0.2) is 81.6 Å². The van der Waals surface area contributed by atoms with Gasteiger partial charge in [0.15, 0.2) is 0 Å². The van der Waals surface area contributed by atoms with E-state index in [0.29, 0.717) is 22.6 Å². The van der Waals surface area contributed by atoms with Crippen LogP contribution in [0.4, 0.5) is 0 Å². The summed E-state index contributed by atoms with van der Waals surface area (Å²) in [6.07, 6.45) is 0. The van der Waals surface area contributed by atoms with Gasteiger partial charge in [0.25, 0.3) is 0 Å². The molecule has 0 saturated heterocycles. The van der Waals surface area contributed by atoms with Crippen molar-refractivity contribution in [1.82, 2.24) is 0 Å². The molecule has 0 bridgehead atoms. The molecule has 11 heteroatoms. The van der Waals surface area contributed by atoms with Gasteiger partial charge in [-0.3, -0.25) is 0 Å². The predicted molar refractivity (Wildman–Crippen MR) is 157 cm³/mol. The highest BCUT2D eigenvalue weighted by atomic mass is 127. The third-order valence-corrected chi connectivity index (χ3v) is 6.24. The van der Waals surface area contributed by atoms with Crippen molar-refractivity contribution in [1.29, 1.82) is 0 Å². The Bertz CT molecular complexity index is 1230. The average Bonchev–Trinajstić information content (AvgIpc) is 3.60. The van der Waals surface area contributed by atoms with Crippen molar-refractivity contribution in [2.24, 2.45) is 0 Å². The van der Waals surface area contributed by atoms with Crippen molar-refractivity contribution in [2.75, 3.05) is 14.2 Å². The van der Waals surface area contributed by atoms with Gasteiger partial charge < -0.3 is 28.2 Å². The van der Waals surface area contributed by atoms with Crippen LogP contribution in [-0.4, -0.2) is 31.3 Å². The van der Waals surface area contributed by atoms with Crippen LogP contribution in [0, 0.1) is 7.14 Å². The molecule has 0 amide bonds. The average molecular weight is 797 g/mol. The molecule has 1 N–H and O–H groups in total. The molecule has 0 unspecified atom stereocenters. The molecule has 0 saturated carbocycles. The van der Waals surface area contributed by atoms with Crippen LogP contribution in [-0.2, 0) is 21.4 Å². The highest BCUT2D eigenvalue weighted by molar-refractivity contribution is 14.1. The van der Waals surface area contributed by atoms with E-state index < -0.39 is 11.9 Å². The lowest BCUT2D eigenvalue weighted by molar-refractivity contribution is 0.0554. The zero-order valence-corrected chi connectivity index (χ0v) is 25.7. The number of rotatable bonds is 6. The molecule has 4 rings (SSSR count). The number of halogens is 3. The molecular formula is C26H23BrI2O8. The van der Waals surface area contributed by atoms with Gasteiger partial charge in [0.05, 0.1) is 19.5 Å². The van der Waals surface area contributed by atoms with Crippen molar-refractivity contribution in [3.63, 3.8) is 0 Å². The molecule has 0 fully saturated rings. The summed E-state index contributed by atoms with van der Waals surface area (Å²) in [4.78, 5) is 22.0. The van der Waals surface area contributed by atoms with E-state index in [4.69, 9.17) is 18.7 Å². The minimum Gasteiger partial charge on any atom is -0.508 e. The molecule has 0 atom stereocenters. The zero-order valence-electron chi connectivity index (χ0n) is 19.8. The first-order valence-electron chi connectivity index (χ1n) is 10.5. The smallest absolute Gasteiger partial charge is 0.373 e. The molecule has 0 aliphatic rings. The number of phenols is 1. The number of hydrogen-bond donors (Lipinski definition) is 1. The molecule has 37 heavy (non-hydrogen) atoms. The van der Waals surface area contributed by atoms with Crippen molar-refractivity contribution >= 4 is 73.1 Å². The normalized spacial score (nSPS) is 9.76. The first kappa shape index (κ1) is 30.7. The van der Waals surface area contributed by atoms with Gasteiger partial charge in [-0.05, 0) is 118 Å². The van der Waals surface area contributed by atoms with Gasteiger partial charge in [-0.2, -0.15) is 0 Å². The highest BCUT2D eigenvalue weighted by Crippen LogP contribution is 2.17. The fourth-order valence-corrected chi connectivity index (χ4v) is 3.47. The van der Waals surface area contributed by atoms with Crippen LogP contribution in [0.2, 0.25) is 0 Å². The number of furan rings is 2. The maximum absolute atomic E-state index is 11.2. The van der Waals surface area contributed by atoms with Gasteiger partial charge in [0.2, 0.25) is 11.5 Å². The Hall–Kier alpha value is -2.52. The molecular weight excluding hydrogens is 774 g/mol. The third-order valence-electron chi connectivity index (χ3n) is 4.25. The Labute approximate surface area is 249 Å². The van der Waals surface area contributed by atoms with E-state index in [9.17, 15) is 9.59 Å². The molecule has 4 aromatic rings. The van der Waals surface area contributed by atoms with Crippen LogP contribution in [0.5, 0.6) is 11.5 Å². The Kier molecular flexibility index (Phi) is 13.6. The molecule has 0 aliphatic carbocycles. The van der Waals surface area contributed by atoms with E-state index >= 15 is 0 Å². The van der Waals surface area contributed by atoms with E-state index in [2.05, 4.69) is 70.6 Å². The fraction of sp³-hybridized carbons (Fsp3) is 0.154. The predicted octanol–water partition coefficient (Wildman–Crippen LogP) is 7.21. The van der Waals surface area contributed by atoms with Gasteiger partial charge >= 0.3 is 11.9 Å². The first-order valence-corrected chi connectivity index (χ1v) is 13.8. The highest BCUT2D eigenvalue weighted by Gasteiger charge is 2.11. The number of hydrogen-bond acceptors (Lipinski definition) is 8. The monoisotopic (exact) mass is 796 g/mol. The second-order valence-corrected chi connectivity index (χ2v) is 9.92. The van der Waals surface area contributed by atoms with Crippen molar-refractivity contribution in [2.45, 2.75) is 11.9 Å². The number of alkyl halides is 1. The maximum Gasteiger partial charge on any atom is 0.373 e. The molecule has 2 heterocycles. The Morgan fingerprint density at radius 1 is 0.757 bits per heavy atom. The summed E-state index contributed by atoms with van der Waals surface area (Å²) < 4.78 is 27.2. The van der Waals surface area contributed by atoms with Crippen LogP contribution in [0.1, 0.15) is 32.6 Å². The fourth-order valence-electron chi connectivity index (χ4n) is 2.45. The summed E-state index contributed by atoms with van der Waals surface area (Å²) in [7, 11) is 2.63. The van der Waals surface area contributed by atoms with E-state index in [-0.39, 0.29) is 18.1 Å². The van der Waals surface area contributed by atoms with Gasteiger partial charge in [-0.25, -0.2) is 9.59 Å². The number of phenolic OH excluding ortho intramolecular Hbond substituents is 1. The summed E-state index contributed by atoms with van der Waals surface area (Å²) in [5, 5.41) is 9.35. The Morgan fingerprint density at radius 2 is 1.22 bits per heavy atom. The molecule has 0 spiro atoms. The molecule has 8 nitrogen and oxygen atoms in total. The topological polar surface area (TPSA) is 108 Å². The van der Waals surface area contributed by atoms with Gasteiger partial charge in [-0.15, -0.1) is 0 Å². The molecule has 0 aliphatic heterocycles. The molecule has 2 aromatic heterocycles. The number of esters is 2. The number of methoxy groups -OCH3 is 2. The van der Waals surface area contributed by atoms with E-state index in [0.717, 1.165) is 12.9 Å². The SMILES string of the molecule is COC(=O)c1ccc(CBr)o1.COC(=O)c1ccc(COc2ccc(I)cc2)o1.Oc1ccc(I)cc1. The number of carbonyl (C=O) groups excluding carboxylic acids is 2. The standard InChI is InChI=1S/C13H11IO4.C7H7BrO3.C6H5IO/c1-16-13(15)12-7-6-11(18-12)8-17-10-4-2-9(14)3-5-10;1-10-7(9)6-3-2-5(4-8)11-6;7-5-1-3-6(8)4-2-5/h2-7H,8H2,1H3;2-3H,4H2,1H3;1-4,8H. The Balaban J connectivity index is 0.000000215. The summed E-state index contributed by atoms with van der Waals surface area (Å²) in [5.74, 6) is 1.85. The lowest BCUT2D eigenvalue weighted by Gasteiger charge is -2.03. The van der Waals surface area contributed by atoms with E-state index in [1.54, 1.807) is 36.4 Å². The van der Waals surface area contributed by atoms with Crippen molar-refractivity contribution in [3.05, 3.63) is 103 Å². The number of aromatic hydroxyl groups is 1. The molecule has 196 valence electrons. The lowest BCUT2D eigenvalue weighted by atomic mass is 10.3. The number of ether oxygens (including phenoxy) is 3. The maximum atomic E-state index is 11.2. The Morgan fingerprint density at radius 3 is 1.65 bits per heavy atom. The molecule has 0 radical (unpaired) electrons.